The first-order valence-electron chi connectivity index (χ1n) is 8.87. The normalized spacial score (nSPS) is 21.8. The van der Waals surface area contributed by atoms with Crippen LogP contribution in [0.3, 0.4) is 0 Å². The lowest BCUT2D eigenvalue weighted by Crippen LogP contribution is -2.32. The summed E-state index contributed by atoms with van der Waals surface area (Å²) in [5, 5.41) is 10.8. The molecule has 2 aliphatic rings. The fraction of sp³-hybridized carbons (Fsp3) is 0.765. The average Bonchev–Trinajstić information content (AvgIpc) is 3.24. The second-order valence-electron chi connectivity index (χ2n) is 6.73. The van der Waals surface area contributed by atoms with Crippen molar-refractivity contribution in [2.24, 2.45) is 5.92 Å². The van der Waals surface area contributed by atoms with Crippen LogP contribution in [0.1, 0.15) is 67.9 Å². The molecule has 3 rings (SSSR count). The highest BCUT2D eigenvalue weighted by Crippen LogP contribution is 2.28. The molecule has 6 heteroatoms. The van der Waals surface area contributed by atoms with Crippen LogP contribution < -0.4 is 10.6 Å². The van der Waals surface area contributed by atoms with Crippen molar-refractivity contribution in [3.05, 3.63) is 18.0 Å². The fourth-order valence-electron chi connectivity index (χ4n) is 3.70. The van der Waals surface area contributed by atoms with E-state index in [4.69, 9.17) is 0 Å². The van der Waals surface area contributed by atoms with E-state index in [2.05, 4.69) is 15.7 Å². The van der Waals surface area contributed by atoms with Crippen LogP contribution in [0, 0.1) is 5.92 Å². The molecule has 1 unspecified atom stereocenters. The molecule has 1 atom stereocenters. The summed E-state index contributed by atoms with van der Waals surface area (Å²) in [4.78, 5) is 12.1. The number of aromatic nitrogens is 2. The molecule has 2 N–H and O–H groups in total. The van der Waals surface area contributed by atoms with E-state index in [0.717, 1.165) is 38.4 Å². The Bertz CT molecular complexity index is 479. The first kappa shape index (κ1) is 18.3. The molecule has 2 fully saturated rings. The zero-order valence-electron chi connectivity index (χ0n) is 13.8. The van der Waals surface area contributed by atoms with Gasteiger partial charge >= 0.3 is 0 Å². The van der Waals surface area contributed by atoms with Crippen LogP contribution in [0.5, 0.6) is 0 Å². The van der Waals surface area contributed by atoms with Crippen molar-refractivity contribution in [2.75, 3.05) is 19.6 Å². The van der Waals surface area contributed by atoms with E-state index in [-0.39, 0.29) is 18.3 Å². The quantitative estimate of drug-likeness (QED) is 0.783. The van der Waals surface area contributed by atoms with Crippen LogP contribution in [0.4, 0.5) is 0 Å². The van der Waals surface area contributed by atoms with Gasteiger partial charge in [-0.1, -0.05) is 25.7 Å². The van der Waals surface area contributed by atoms with Gasteiger partial charge in [-0.3, -0.25) is 9.48 Å². The maximum absolute atomic E-state index is 12.1. The molecular weight excluding hydrogens is 312 g/mol. The Kier molecular flexibility index (Phi) is 7.37. The van der Waals surface area contributed by atoms with Crippen molar-refractivity contribution in [2.45, 2.75) is 57.4 Å². The molecule has 0 spiro atoms. The molecule has 1 amide bonds. The fourth-order valence-corrected chi connectivity index (χ4v) is 3.70. The summed E-state index contributed by atoms with van der Waals surface area (Å²) in [7, 11) is 0. The molecule has 0 aromatic carbocycles. The Morgan fingerprint density at radius 1 is 1.30 bits per heavy atom. The predicted octanol–water partition coefficient (Wildman–Crippen LogP) is 2.93. The Morgan fingerprint density at radius 2 is 2.13 bits per heavy atom. The van der Waals surface area contributed by atoms with Crippen LogP contribution in [0.25, 0.3) is 0 Å². The number of nitrogens with zero attached hydrogens (tertiary/aromatic N) is 2. The molecule has 1 aliphatic carbocycles. The van der Waals surface area contributed by atoms with E-state index in [1.165, 1.54) is 38.5 Å². The molecule has 1 aromatic heterocycles. The molecule has 1 aliphatic heterocycles. The molecular formula is C17H29ClN4O. The monoisotopic (exact) mass is 340 g/mol. The lowest BCUT2D eigenvalue weighted by atomic mass is 10.0. The lowest BCUT2D eigenvalue weighted by Gasteiger charge is -2.22. The Labute approximate surface area is 145 Å². The number of piperidine rings is 1. The van der Waals surface area contributed by atoms with Gasteiger partial charge in [0.25, 0.3) is 5.91 Å². The third kappa shape index (κ3) is 5.21. The molecule has 1 saturated carbocycles. The molecule has 5 nitrogen and oxygen atoms in total. The van der Waals surface area contributed by atoms with Crippen molar-refractivity contribution in [1.82, 2.24) is 20.4 Å². The number of rotatable bonds is 6. The van der Waals surface area contributed by atoms with Crippen molar-refractivity contribution in [1.29, 1.82) is 0 Å². The van der Waals surface area contributed by atoms with Gasteiger partial charge in [-0.15, -0.1) is 12.4 Å². The van der Waals surface area contributed by atoms with Crippen LogP contribution in [-0.2, 0) is 0 Å². The van der Waals surface area contributed by atoms with Gasteiger partial charge in [0, 0.05) is 19.3 Å². The molecule has 130 valence electrons. The van der Waals surface area contributed by atoms with E-state index in [1.54, 1.807) is 0 Å². The largest absolute Gasteiger partial charge is 0.351 e. The molecule has 2 heterocycles. The SMILES string of the molecule is Cl.O=C(NCCCC1CCCC1)c1ccn(C2CCCNC2)n1. The number of nitrogens with one attached hydrogen (secondary N) is 2. The minimum atomic E-state index is -0.0334. The summed E-state index contributed by atoms with van der Waals surface area (Å²) in [6.07, 6.45) is 12.1. The van der Waals surface area contributed by atoms with E-state index < -0.39 is 0 Å². The first-order valence-corrected chi connectivity index (χ1v) is 8.87. The van der Waals surface area contributed by atoms with Gasteiger partial charge < -0.3 is 10.6 Å². The van der Waals surface area contributed by atoms with Crippen LogP contribution in [-0.4, -0.2) is 35.3 Å². The average molecular weight is 341 g/mol. The number of carbonyl (C=O) groups excluding carboxylic acids is 1. The summed E-state index contributed by atoms with van der Waals surface area (Å²) in [5.41, 5.74) is 0.548. The Morgan fingerprint density at radius 3 is 2.87 bits per heavy atom. The van der Waals surface area contributed by atoms with E-state index >= 15 is 0 Å². The van der Waals surface area contributed by atoms with Crippen molar-refractivity contribution >= 4 is 18.3 Å². The van der Waals surface area contributed by atoms with Crippen LogP contribution >= 0.6 is 12.4 Å². The highest BCUT2D eigenvalue weighted by Gasteiger charge is 2.18. The minimum Gasteiger partial charge on any atom is -0.351 e. The summed E-state index contributed by atoms with van der Waals surface area (Å²) in [6.45, 7) is 2.81. The van der Waals surface area contributed by atoms with Crippen molar-refractivity contribution in [3.63, 3.8) is 0 Å². The maximum Gasteiger partial charge on any atom is 0.271 e. The summed E-state index contributed by atoms with van der Waals surface area (Å²) in [5.74, 6) is 0.865. The maximum atomic E-state index is 12.1. The number of hydrogen-bond donors (Lipinski definition) is 2. The lowest BCUT2D eigenvalue weighted by molar-refractivity contribution is 0.0946. The van der Waals surface area contributed by atoms with Crippen molar-refractivity contribution in [3.8, 4) is 0 Å². The third-order valence-corrected chi connectivity index (χ3v) is 5.04. The number of hydrogen-bond acceptors (Lipinski definition) is 3. The molecule has 1 aromatic rings. The molecule has 0 radical (unpaired) electrons. The van der Waals surface area contributed by atoms with E-state index in [1.807, 2.05) is 16.9 Å². The topological polar surface area (TPSA) is 59.0 Å². The summed E-state index contributed by atoms with van der Waals surface area (Å²) >= 11 is 0. The van der Waals surface area contributed by atoms with Crippen LogP contribution in [0.15, 0.2) is 12.3 Å². The molecule has 0 bridgehead atoms. The zero-order chi connectivity index (χ0) is 15.2. The smallest absolute Gasteiger partial charge is 0.271 e. The third-order valence-electron chi connectivity index (χ3n) is 5.04. The highest BCUT2D eigenvalue weighted by atomic mass is 35.5. The van der Waals surface area contributed by atoms with Gasteiger partial charge in [-0.25, -0.2) is 0 Å². The molecule has 23 heavy (non-hydrogen) atoms. The number of amides is 1. The van der Waals surface area contributed by atoms with Gasteiger partial charge in [-0.2, -0.15) is 5.10 Å². The van der Waals surface area contributed by atoms with Gasteiger partial charge in [0.2, 0.25) is 0 Å². The second kappa shape index (κ2) is 9.28. The van der Waals surface area contributed by atoms with Gasteiger partial charge in [-0.05, 0) is 44.2 Å². The Hall–Kier alpha value is -1.07. The zero-order valence-corrected chi connectivity index (χ0v) is 14.6. The van der Waals surface area contributed by atoms with Gasteiger partial charge in [0.1, 0.15) is 5.69 Å². The highest BCUT2D eigenvalue weighted by molar-refractivity contribution is 5.92. The summed E-state index contributed by atoms with van der Waals surface area (Å²) < 4.78 is 1.94. The molecule has 1 saturated heterocycles. The summed E-state index contributed by atoms with van der Waals surface area (Å²) in [6, 6.07) is 2.22. The number of carbonyl (C=O) groups is 1. The first-order chi connectivity index (χ1) is 10.8. The minimum absolute atomic E-state index is 0. The van der Waals surface area contributed by atoms with Gasteiger partial charge in [0.05, 0.1) is 6.04 Å². The van der Waals surface area contributed by atoms with Gasteiger partial charge in [0.15, 0.2) is 0 Å². The second-order valence-corrected chi connectivity index (χ2v) is 6.73. The predicted molar refractivity (Wildman–Crippen MR) is 94.1 cm³/mol. The Balaban J connectivity index is 0.00000192. The van der Waals surface area contributed by atoms with Crippen molar-refractivity contribution < 1.29 is 4.79 Å². The standard InChI is InChI=1S/C17H28N4O.ClH/c22-17(19-11-3-7-14-5-1-2-6-14)16-9-12-21(20-16)15-8-4-10-18-13-15;/h9,12,14-15,18H,1-8,10-11,13H2,(H,19,22);1H. The number of halogens is 1. The van der Waals surface area contributed by atoms with E-state index in [0.29, 0.717) is 11.7 Å². The van der Waals surface area contributed by atoms with E-state index in [9.17, 15) is 4.79 Å². The van der Waals surface area contributed by atoms with Crippen LogP contribution in [0.2, 0.25) is 0 Å².